The summed E-state index contributed by atoms with van der Waals surface area (Å²) < 4.78 is 32.2. The lowest BCUT2D eigenvalue weighted by atomic mass is 10.0. The molecule has 1 aliphatic heterocycles. The largest absolute Gasteiger partial charge is 0.379 e. The van der Waals surface area contributed by atoms with Crippen molar-refractivity contribution >= 4 is 21.6 Å². The highest BCUT2D eigenvalue weighted by Gasteiger charge is 2.27. The molecule has 0 aromatic heterocycles. The van der Waals surface area contributed by atoms with Crippen LogP contribution in [0.25, 0.3) is 0 Å². The van der Waals surface area contributed by atoms with Gasteiger partial charge in [-0.1, -0.05) is 23.8 Å². The van der Waals surface area contributed by atoms with Crippen molar-refractivity contribution in [2.75, 3.05) is 31.6 Å². The SMILES string of the molecule is Cc1cc(C)c(NC(=O)c2cccc(S(=O)(=O)N3CCOCC3)c2)c(C)c1. The van der Waals surface area contributed by atoms with Crippen LogP contribution in [0.4, 0.5) is 5.69 Å². The second kappa shape index (κ2) is 7.80. The number of nitrogens with zero attached hydrogens (tertiary/aromatic N) is 1. The lowest BCUT2D eigenvalue weighted by Gasteiger charge is -2.26. The van der Waals surface area contributed by atoms with Crippen molar-refractivity contribution < 1.29 is 17.9 Å². The predicted octanol–water partition coefficient (Wildman–Crippen LogP) is 2.89. The van der Waals surface area contributed by atoms with Gasteiger partial charge in [-0.3, -0.25) is 4.79 Å². The molecule has 0 saturated carbocycles. The minimum Gasteiger partial charge on any atom is -0.379 e. The first-order valence-corrected chi connectivity index (χ1v) is 10.3. The predicted molar refractivity (Wildman–Crippen MR) is 105 cm³/mol. The van der Waals surface area contributed by atoms with Crippen molar-refractivity contribution in [2.45, 2.75) is 25.7 Å². The molecule has 1 aliphatic rings. The average Bonchev–Trinajstić information content (AvgIpc) is 2.65. The van der Waals surface area contributed by atoms with Gasteiger partial charge in [-0.15, -0.1) is 0 Å². The second-order valence-electron chi connectivity index (χ2n) is 6.77. The molecule has 27 heavy (non-hydrogen) atoms. The van der Waals surface area contributed by atoms with E-state index in [9.17, 15) is 13.2 Å². The number of sulfonamides is 1. The van der Waals surface area contributed by atoms with Gasteiger partial charge in [-0.05, 0) is 50.1 Å². The van der Waals surface area contributed by atoms with E-state index in [2.05, 4.69) is 5.32 Å². The number of benzene rings is 2. The molecule has 1 saturated heterocycles. The number of hydrogen-bond donors (Lipinski definition) is 1. The monoisotopic (exact) mass is 388 g/mol. The normalized spacial score (nSPS) is 15.5. The van der Waals surface area contributed by atoms with E-state index in [4.69, 9.17) is 4.74 Å². The number of ether oxygens (including phenoxy) is 1. The Labute approximate surface area is 160 Å². The molecule has 2 aromatic rings. The van der Waals surface area contributed by atoms with E-state index in [0.29, 0.717) is 31.9 Å². The van der Waals surface area contributed by atoms with Crippen molar-refractivity contribution in [3.05, 3.63) is 58.7 Å². The molecule has 2 aromatic carbocycles. The summed E-state index contributed by atoms with van der Waals surface area (Å²) in [6, 6.07) is 10.2. The molecule has 0 bridgehead atoms. The van der Waals surface area contributed by atoms with E-state index in [1.807, 2.05) is 32.9 Å². The first-order valence-electron chi connectivity index (χ1n) is 8.86. The standard InChI is InChI=1S/C20H24N2O4S/c1-14-11-15(2)19(16(3)12-14)21-20(23)17-5-4-6-18(13-17)27(24,25)22-7-9-26-10-8-22/h4-6,11-13H,7-10H2,1-3H3,(H,21,23). The Morgan fingerprint density at radius 3 is 2.30 bits per heavy atom. The van der Waals surface area contributed by atoms with E-state index >= 15 is 0 Å². The van der Waals surface area contributed by atoms with Crippen LogP contribution in [0.5, 0.6) is 0 Å². The molecule has 7 heteroatoms. The fraction of sp³-hybridized carbons (Fsp3) is 0.350. The highest BCUT2D eigenvalue weighted by molar-refractivity contribution is 7.89. The molecule has 1 fully saturated rings. The fourth-order valence-electron chi connectivity index (χ4n) is 3.30. The number of hydrogen-bond acceptors (Lipinski definition) is 4. The number of carbonyl (C=O) groups is 1. The highest BCUT2D eigenvalue weighted by Crippen LogP contribution is 2.24. The summed E-state index contributed by atoms with van der Waals surface area (Å²) in [6.07, 6.45) is 0. The summed E-state index contributed by atoms with van der Waals surface area (Å²) >= 11 is 0. The average molecular weight is 388 g/mol. The molecule has 1 amide bonds. The van der Waals surface area contributed by atoms with E-state index < -0.39 is 10.0 Å². The van der Waals surface area contributed by atoms with Crippen molar-refractivity contribution in [2.24, 2.45) is 0 Å². The van der Waals surface area contributed by atoms with Crippen LogP contribution >= 0.6 is 0 Å². The van der Waals surface area contributed by atoms with Crippen molar-refractivity contribution in [3.8, 4) is 0 Å². The number of amides is 1. The van der Waals surface area contributed by atoms with Crippen LogP contribution in [-0.2, 0) is 14.8 Å². The van der Waals surface area contributed by atoms with E-state index in [1.54, 1.807) is 12.1 Å². The zero-order valence-electron chi connectivity index (χ0n) is 15.8. The van der Waals surface area contributed by atoms with Crippen LogP contribution in [0.1, 0.15) is 27.0 Å². The van der Waals surface area contributed by atoms with Crippen LogP contribution < -0.4 is 5.32 Å². The Morgan fingerprint density at radius 2 is 1.67 bits per heavy atom. The number of nitrogens with one attached hydrogen (secondary N) is 1. The van der Waals surface area contributed by atoms with Crippen LogP contribution in [0.3, 0.4) is 0 Å². The lowest BCUT2D eigenvalue weighted by Crippen LogP contribution is -2.40. The maximum Gasteiger partial charge on any atom is 0.255 e. The Balaban J connectivity index is 1.86. The third kappa shape index (κ3) is 4.21. The Morgan fingerprint density at radius 1 is 1.04 bits per heavy atom. The minimum atomic E-state index is -3.64. The zero-order chi connectivity index (χ0) is 19.6. The van der Waals surface area contributed by atoms with Crippen LogP contribution in [0, 0.1) is 20.8 Å². The van der Waals surface area contributed by atoms with Crippen LogP contribution in [-0.4, -0.2) is 44.9 Å². The Hall–Kier alpha value is -2.22. The van der Waals surface area contributed by atoms with Gasteiger partial charge in [-0.2, -0.15) is 4.31 Å². The van der Waals surface area contributed by atoms with Gasteiger partial charge >= 0.3 is 0 Å². The summed E-state index contributed by atoms with van der Waals surface area (Å²) in [4.78, 5) is 12.8. The summed E-state index contributed by atoms with van der Waals surface area (Å²) in [5, 5.41) is 2.91. The first-order chi connectivity index (χ1) is 12.8. The summed E-state index contributed by atoms with van der Waals surface area (Å²) in [5.41, 5.74) is 4.13. The molecule has 6 nitrogen and oxygen atoms in total. The summed E-state index contributed by atoms with van der Waals surface area (Å²) in [7, 11) is -3.64. The fourth-order valence-corrected chi connectivity index (χ4v) is 4.75. The topological polar surface area (TPSA) is 75.7 Å². The number of morpholine rings is 1. The molecule has 1 N–H and O–H groups in total. The lowest BCUT2D eigenvalue weighted by molar-refractivity contribution is 0.0730. The van der Waals surface area contributed by atoms with Crippen molar-refractivity contribution in [1.29, 1.82) is 0 Å². The van der Waals surface area contributed by atoms with Gasteiger partial charge in [0, 0.05) is 24.3 Å². The molecule has 3 rings (SSSR count). The minimum absolute atomic E-state index is 0.120. The molecule has 144 valence electrons. The quantitative estimate of drug-likeness (QED) is 0.874. The number of rotatable bonds is 4. The Bertz CT molecular complexity index is 941. The first kappa shape index (κ1) is 19.5. The third-order valence-corrected chi connectivity index (χ3v) is 6.51. The number of carbonyl (C=O) groups excluding carboxylic acids is 1. The van der Waals surface area contributed by atoms with Gasteiger partial charge in [0.1, 0.15) is 0 Å². The molecule has 0 radical (unpaired) electrons. The highest BCUT2D eigenvalue weighted by atomic mass is 32.2. The van der Waals surface area contributed by atoms with Gasteiger partial charge in [0.05, 0.1) is 18.1 Å². The second-order valence-corrected chi connectivity index (χ2v) is 8.71. The third-order valence-electron chi connectivity index (χ3n) is 4.62. The maximum absolute atomic E-state index is 12.8. The van der Waals surface area contributed by atoms with Gasteiger partial charge in [-0.25, -0.2) is 8.42 Å². The maximum atomic E-state index is 12.8. The summed E-state index contributed by atoms with van der Waals surface area (Å²) in [6.45, 7) is 7.28. The number of aryl methyl sites for hydroxylation is 3. The molecular weight excluding hydrogens is 364 g/mol. The van der Waals surface area contributed by atoms with Crippen molar-refractivity contribution in [1.82, 2.24) is 4.31 Å². The number of anilines is 1. The molecule has 0 atom stereocenters. The van der Waals surface area contributed by atoms with E-state index in [1.165, 1.54) is 16.4 Å². The Kier molecular flexibility index (Phi) is 5.64. The molecular formula is C20H24N2O4S. The van der Waals surface area contributed by atoms with Crippen molar-refractivity contribution in [3.63, 3.8) is 0 Å². The van der Waals surface area contributed by atoms with Gasteiger partial charge in [0.15, 0.2) is 0 Å². The van der Waals surface area contributed by atoms with Crippen LogP contribution in [0.2, 0.25) is 0 Å². The van der Waals surface area contributed by atoms with E-state index in [-0.39, 0.29) is 10.8 Å². The zero-order valence-corrected chi connectivity index (χ0v) is 16.6. The van der Waals surface area contributed by atoms with Crippen LogP contribution in [0.15, 0.2) is 41.3 Å². The molecule has 1 heterocycles. The smallest absolute Gasteiger partial charge is 0.255 e. The molecule has 0 aliphatic carbocycles. The van der Waals surface area contributed by atoms with E-state index in [0.717, 1.165) is 22.4 Å². The van der Waals surface area contributed by atoms with Gasteiger partial charge in [0.25, 0.3) is 5.91 Å². The summed E-state index contributed by atoms with van der Waals surface area (Å²) in [5.74, 6) is -0.330. The van der Waals surface area contributed by atoms with Gasteiger partial charge in [0.2, 0.25) is 10.0 Å². The van der Waals surface area contributed by atoms with Gasteiger partial charge < -0.3 is 10.1 Å². The molecule has 0 unspecified atom stereocenters. The molecule has 0 spiro atoms.